The molecular weight excluding hydrogens is 314 g/mol. The van der Waals surface area contributed by atoms with Crippen molar-refractivity contribution in [1.29, 1.82) is 0 Å². The summed E-state index contributed by atoms with van der Waals surface area (Å²) in [4.78, 5) is 29.5. The van der Waals surface area contributed by atoms with Gasteiger partial charge in [0.15, 0.2) is 0 Å². The molecule has 1 aliphatic rings. The molecule has 112 valence electrons. The molecule has 2 rings (SSSR count). The Morgan fingerprint density at radius 3 is 2.67 bits per heavy atom. The first-order valence-corrected chi connectivity index (χ1v) is 7.36. The van der Waals surface area contributed by atoms with Gasteiger partial charge in [0, 0.05) is 24.0 Å². The molecule has 1 unspecified atom stereocenters. The van der Waals surface area contributed by atoms with Crippen molar-refractivity contribution in [3.63, 3.8) is 0 Å². The number of thioether (sulfide) groups is 1. The van der Waals surface area contributed by atoms with Gasteiger partial charge in [-0.3, -0.25) is 10.1 Å². The van der Waals surface area contributed by atoms with Crippen LogP contribution in [0.4, 0.5) is 10.5 Å². The molecule has 8 heteroatoms. The highest BCUT2D eigenvalue weighted by molar-refractivity contribution is 8.04. The van der Waals surface area contributed by atoms with Crippen LogP contribution >= 0.6 is 23.4 Å². The zero-order valence-corrected chi connectivity index (χ0v) is 13.0. The Morgan fingerprint density at radius 2 is 2.05 bits per heavy atom. The van der Waals surface area contributed by atoms with Crippen LogP contribution < -0.4 is 10.8 Å². The average Bonchev–Trinajstić information content (AvgIpc) is 2.45. The summed E-state index contributed by atoms with van der Waals surface area (Å²) in [5.41, 5.74) is 3.09. The molecule has 21 heavy (non-hydrogen) atoms. The van der Waals surface area contributed by atoms with E-state index in [9.17, 15) is 9.59 Å². The van der Waals surface area contributed by atoms with Gasteiger partial charge in [-0.15, -0.1) is 0 Å². The molecule has 1 aromatic carbocycles. The fourth-order valence-electron chi connectivity index (χ4n) is 1.62. The third-order valence-corrected chi connectivity index (χ3v) is 3.89. The highest BCUT2D eigenvalue weighted by atomic mass is 35.5. The van der Waals surface area contributed by atoms with E-state index in [-0.39, 0.29) is 11.2 Å². The van der Waals surface area contributed by atoms with Crippen molar-refractivity contribution >= 4 is 41.1 Å². The molecule has 1 aromatic rings. The SMILES string of the molecule is CC1SC(NOC(=O)Nc2ccc(Cl)cc2)=CN(C)C1=O. The number of amides is 2. The summed E-state index contributed by atoms with van der Waals surface area (Å²) in [6.07, 6.45) is 0.911. The second kappa shape index (κ2) is 6.73. The summed E-state index contributed by atoms with van der Waals surface area (Å²) in [6.45, 7) is 1.78. The standard InChI is InChI=1S/C13H14ClN3O3S/c1-8-12(18)17(2)7-11(21-8)16-20-13(19)15-10-5-3-9(14)4-6-10/h3-8,16H,1-2H3,(H,15,19). The quantitative estimate of drug-likeness (QED) is 0.835. The third kappa shape index (κ3) is 4.30. The smallest absolute Gasteiger partial charge is 0.323 e. The summed E-state index contributed by atoms with van der Waals surface area (Å²) in [6, 6.07) is 6.64. The number of hydroxylamine groups is 1. The first-order chi connectivity index (χ1) is 9.95. The van der Waals surface area contributed by atoms with Crippen LogP contribution in [-0.4, -0.2) is 29.2 Å². The number of nitrogens with one attached hydrogen (secondary N) is 2. The summed E-state index contributed by atoms with van der Waals surface area (Å²) in [5.74, 6) is -0.00355. The Labute approximate surface area is 131 Å². The zero-order valence-electron chi connectivity index (χ0n) is 11.4. The van der Waals surface area contributed by atoms with E-state index in [0.717, 1.165) is 0 Å². The van der Waals surface area contributed by atoms with Crippen molar-refractivity contribution < 1.29 is 14.4 Å². The summed E-state index contributed by atoms with van der Waals surface area (Å²) < 4.78 is 0. The van der Waals surface area contributed by atoms with E-state index in [1.54, 1.807) is 44.4 Å². The van der Waals surface area contributed by atoms with E-state index in [0.29, 0.717) is 15.7 Å². The fourth-order valence-corrected chi connectivity index (χ4v) is 2.70. The van der Waals surface area contributed by atoms with Crippen molar-refractivity contribution in [2.24, 2.45) is 0 Å². The molecular formula is C13H14ClN3O3S. The number of carbonyl (C=O) groups excluding carboxylic acids is 2. The molecule has 0 spiro atoms. The number of halogens is 1. The summed E-state index contributed by atoms with van der Waals surface area (Å²) in [7, 11) is 1.65. The van der Waals surface area contributed by atoms with Gasteiger partial charge in [-0.1, -0.05) is 23.4 Å². The lowest BCUT2D eigenvalue weighted by Gasteiger charge is -2.25. The maximum Gasteiger partial charge on any atom is 0.435 e. The zero-order chi connectivity index (χ0) is 15.4. The average molecular weight is 328 g/mol. The van der Waals surface area contributed by atoms with Crippen molar-refractivity contribution in [2.45, 2.75) is 12.2 Å². The number of benzene rings is 1. The normalized spacial score (nSPS) is 18.0. The second-order valence-electron chi connectivity index (χ2n) is 4.33. The first kappa shape index (κ1) is 15.5. The number of rotatable bonds is 3. The van der Waals surface area contributed by atoms with E-state index in [2.05, 4.69) is 10.8 Å². The van der Waals surface area contributed by atoms with Crippen LogP contribution in [0.5, 0.6) is 0 Å². The number of anilines is 1. The van der Waals surface area contributed by atoms with Crippen LogP contribution in [0.25, 0.3) is 0 Å². The van der Waals surface area contributed by atoms with Gasteiger partial charge in [0.25, 0.3) is 0 Å². The van der Waals surface area contributed by atoms with Gasteiger partial charge in [-0.25, -0.2) is 10.3 Å². The van der Waals surface area contributed by atoms with E-state index < -0.39 is 6.09 Å². The number of carbonyl (C=O) groups is 2. The minimum Gasteiger partial charge on any atom is -0.323 e. The molecule has 6 nitrogen and oxygen atoms in total. The van der Waals surface area contributed by atoms with Crippen LogP contribution in [0.2, 0.25) is 5.02 Å². The molecule has 0 aromatic heterocycles. The third-order valence-electron chi connectivity index (χ3n) is 2.64. The van der Waals surface area contributed by atoms with Crippen LogP contribution in [0.15, 0.2) is 35.5 Å². The van der Waals surface area contributed by atoms with Gasteiger partial charge in [-0.05, 0) is 31.2 Å². The number of hydrogen-bond donors (Lipinski definition) is 2. The number of hydrogen-bond acceptors (Lipinski definition) is 5. The highest BCUT2D eigenvalue weighted by Gasteiger charge is 2.24. The van der Waals surface area contributed by atoms with Crippen molar-refractivity contribution in [2.75, 3.05) is 12.4 Å². The Kier molecular flexibility index (Phi) is 4.98. The molecule has 0 aliphatic carbocycles. The predicted octanol–water partition coefficient (Wildman–Crippen LogP) is 2.79. The molecule has 2 amide bonds. The maximum absolute atomic E-state index is 11.6. The van der Waals surface area contributed by atoms with Crippen molar-refractivity contribution in [3.8, 4) is 0 Å². The maximum atomic E-state index is 11.6. The Bertz CT molecular complexity index is 577. The lowest BCUT2D eigenvalue weighted by atomic mass is 10.3. The molecule has 1 aliphatic heterocycles. The molecule has 0 fully saturated rings. The number of nitrogens with zero attached hydrogens (tertiary/aromatic N) is 1. The molecule has 0 saturated carbocycles. The van der Waals surface area contributed by atoms with Gasteiger partial charge in [0.1, 0.15) is 5.03 Å². The molecule has 0 saturated heterocycles. The minimum absolute atomic E-state index is 0.00355. The molecule has 2 N–H and O–H groups in total. The Balaban J connectivity index is 1.85. The van der Waals surface area contributed by atoms with Crippen LogP contribution in [0.3, 0.4) is 0 Å². The largest absolute Gasteiger partial charge is 0.435 e. The molecule has 1 heterocycles. The summed E-state index contributed by atoms with van der Waals surface area (Å²) in [5, 5.41) is 3.47. The van der Waals surface area contributed by atoms with Gasteiger partial charge in [0.05, 0.1) is 5.25 Å². The van der Waals surface area contributed by atoms with E-state index in [1.807, 2.05) is 0 Å². The highest BCUT2D eigenvalue weighted by Crippen LogP contribution is 2.26. The van der Waals surface area contributed by atoms with Gasteiger partial charge in [0.2, 0.25) is 5.91 Å². The van der Waals surface area contributed by atoms with Gasteiger partial charge < -0.3 is 9.74 Å². The Hall–Kier alpha value is -1.86. The molecule has 0 bridgehead atoms. The van der Waals surface area contributed by atoms with Crippen molar-refractivity contribution in [3.05, 3.63) is 40.5 Å². The Morgan fingerprint density at radius 1 is 1.38 bits per heavy atom. The predicted molar refractivity (Wildman–Crippen MR) is 82.6 cm³/mol. The monoisotopic (exact) mass is 327 g/mol. The van der Waals surface area contributed by atoms with E-state index in [1.165, 1.54) is 16.7 Å². The molecule has 0 radical (unpaired) electrons. The topological polar surface area (TPSA) is 70.7 Å². The van der Waals surface area contributed by atoms with Crippen LogP contribution in [0, 0.1) is 0 Å². The van der Waals surface area contributed by atoms with E-state index in [4.69, 9.17) is 16.4 Å². The van der Waals surface area contributed by atoms with E-state index >= 15 is 0 Å². The first-order valence-electron chi connectivity index (χ1n) is 6.10. The summed E-state index contributed by atoms with van der Waals surface area (Å²) >= 11 is 7.04. The lowest BCUT2D eigenvalue weighted by Crippen LogP contribution is -2.35. The van der Waals surface area contributed by atoms with Crippen LogP contribution in [0.1, 0.15) is 6.92 Å². The van der Waals surface area contributed by atoms with Crippen LogP contribution in [-0.2, 0) is 9.63 Å². The second-order valence-corrected chi connectivity index (χ2v) is 6.15. The van der Waals surface area contributed by atoms with Gasteiger partial charge in [-0.2, -0.15) is 0 Å². The molecule has 1 atom stereocenters. The lowest BCUT2D eigenvalue weighted by molar-refractivity contribution is -0.126. The minimum atomic E-state index is -0.661. The van der Waals surface area contributed by atoms with Gasteiger partial charge >= 0.3 is 6.09 Å². The van der Waals surface area contributed by atoms with Crippen molar-refractivity contribution in [1.82, 2.24) is 10.4 Å². The fraction of sp³-hybridized carbons (Fsp3) is 0.231.